The molecule has 18 heavy (non-hydrogen) atoms. The number of nitrogens with zero attached hydrogens (tertiary/aromatic N) is 2. The molecule has 0 unspecified atom stereocenters. The van der Waals surface area contributed by atoms with Gasteiger partial charge in [-0.3, -0.25) is 4.98 Å². The molecule has 1 aliphatic carbocycles. The number of rotatable bonds is 4. The third-order valence-electron chi connectivity index (χ3n) is 3.65. The highest BCUT2D eigenvalue weighted by molar-refractivity contribution is 5.96. The Morgan fingerprint density at radius 3 is 2.94 bits per heavy atom. The number of pyridine rings is 1. The second-order valence-corrected chi connectivity index (χ2v) is 5.12. The molecule has 5 heteroatoms. The van der Waals surface area contributed by atoms with Crippen LogP contribution in [0.1, 0.15) is 43.9 Å². The lowest BCUT2D eigenvalue weighted by molar-refractivity contribution is 0.318. The second kappa shape index (κ2) is 5.35. The molecule has 0 aromatic carbocycles. The zero-order chi connectivity index (χ0) is 13.0. The van der Waals surface area contributed by atoms with Crippen molar-refractivity contribution in [3.8, 4) is 0 Å². The van der Waals surface area contributed by atoms with Gasteiger partial charge in [-0.2, -0.15) is 0 Å². The van der Waals surface area contributed by atoms with Crippen molar-refractivity contribution in [2.24, 2.45) is 10.9 Å². The molecule has 98 valence electrons. The molecule has 1 aromatic heterocycles. The smallest absolute Gasteiger partial charge is 0.189 e. The van der Waals surface area contributed by atoms with Crippen molar-refractivity contribution in [2.75, 3.05) is 0 Å². The number of hydrogen-bond acceptors (Lipinski definition) is 4. The van der Waals surface area contributed by atoms with E-state index in [2.05, 4.69) is 22.4 Å². The van der Waals surface area contributed by atoms with Gasteiger partial charge in [0.05, 0.1) is 0 Å². The van der Waals surface area contributed by atoms with Crippen LogP contribution >= 0.6 is 0 Å². The number of nitrogens with two attached hydrogens (primary N) is 1. The zero-order valence-corrected chi connectivity index (χ0v) is 10.7. The van der Waals surface area contributed by atoms with Crippen molar-refractivity contribution in [3.63, 3.8) is 0 Å². The number of amidine groups is 1. The van der Waals surface area contributed by atoms with Gasteiger partial charge in [0.1, 0.15) is 5.69 Å². The van der Waals surface area contributed by atoms with Crippen LogP contribution in [0.4, 0.5) is 0 Å². The molecule has 2 rings (SSSR count). The third-order valence-corrected chi connectivity index (χ3v) is 3.65. The van der Waals surface area contributed by atoms with Gasteiger partial charge in [-0.1, -0.05) is 24.1 Å². The van der Waals surface area contributed by atoms with Crippen molar-refractivity contribution in [1.29, 1.82) is 0 Å². The minimum Gasteiger partial charge on any atom is -0.409 e. The largest absolute Gasteiger partial charge is 0.409 e. The Kier molecular flexibility index (Phi) is 3.81. The Bertz CT molecular complexity index is 438. The first-order valence-corrected chi connectivity index (χ1v) is 6.31. The first-order chi connectivity index (χ1) is 8.64. The Balaban J connectivity index is 2.09. The van der Waals surface area contributed by atoms with Crippen molar-refractivity contribution in [3.05, 3.63) is 29.6 Å². The first kappa shape index (κ1) is 12.8. The number of aromatic nitrogens is 1. The lowest BCUT2D eigenvalue weighted by atomic mass is 10.00. The molecule has 1 saturated carbocycles. The molecule has 0 bridgehead atoms. The van der Waals surface area contributed by atoms with Gasteiger partial charge in [-0.25, -0.2) is 0 Å². The molecule has 1 fully saturated rings. The quantitative estimate of drug-likeness (QED) is 0.327. The van der Waals surface area contributed by atoms with E-state index in [1.54, 1.807) is 6.20 Å². The molecule has 0 spiro atoms. The summed E-state index contributed by atoms with van der Waals surface area (Å²) in [6, 6.07) is 3.81. The Labute approximate surface area is 107 Å². The van der Waals surface area contributed by atoms with Crippen molar-refractivity contribution in [1.82, 2.24) is 10.3 Å². The van der Waals surface area contributed by atoms with Crippen molar-refractivity contribution >= 4 is 5.84 Å². The number of hydrogen-bond donors (Lipinski definition) is 3. The van der Waals surface area contributed by atoms with Gasteiger partial charge in [-0.15, -0.1) is 0 Å². The molecule has 4 N–H and O–H groups in total. The molecule has 1 aromatic rings. The van der Waals surface area contributed by atoms with Crippen LogP contribution in [-0.2, 0) is 6.54 Å². The van der Waals surface area contributed by atoms with Crippen LogP contribution in [0, 0.1) is 0 Å². The summed E-state index contributed by atoms with van der Waals surface area (Å²) < 4.78 is 0. The lowest BCUT2D eigenvalue weighted by Gasteiger charge is -2.25. The van der Waals surface area contributed by atoms with E-state index in [-0.39, 0.29) is 11.4 Å². The minimum absolute atomic E-state index is 0.0592. The second-order valence-electron chi connectivity index (χ2n) is 5.12. The SMILES string of the molecule is CC1(NCc2cccnc2C(N)=NO)CCCC1. The van der Waals surface area contributed by atoms with Crippen LogP contribution < -0.4 is 11.1 Å². The van der Waals surface area contributed by atoms with Gasteiger partial charge in [0.15, 0.2) is 5.84 Å². The van der Waals surface area contributed by atoms with Crippen LogP contribution in [0.2, 0.25) is 0 Å². The summed E-state index contributed by atoms with van der Waals surface area (Å²) in [5.74, 6) is 0.0592. The summed E-state index contributed by atoms with van der Waals surface area (Å²) in [4.78, 5) is 4.16. The Morgan fingerprint density at radius 1 is 1.56 bits per heavy atom. The molecule has 1 heterocycles. The Hall–Kier alpha value is -1.62. The standard InChI is InChI=1S/C13H20N4O/c1-13(6-2-3-7-13)16-9-10-5-4-8-15-11(10)12(14)17-18/h4-5,8,16,18H,2-3,6-7,9H2,1H3,(H2,14,17). The van der Waals surface area contributed by atoms with Gasteiger partial charge in [0, 0.05) is 18.3 Å². The maximum absolute atomic E-state index is 8.75. The van der Waals surface area contributed by atoms with Gasteiger partial charge in [0.25, 0.3) is 0 Å². The van der Waals surface area contributed by atoms with E-state index in [9.17, 15) is 0 Å². The highest BCUT2D eigenvalue weighted by Gasteiger charge is 2.27. The molecule has 0 aliphatic heterocycles. The van der Waals surface area contributed by atoms with E-state index < -0.39 is 0 Å². The van der Waals surface area contributed by atoms with Gasteiger partial charge < -0.3 is 16.3 Å². The van der Waals surface area contributed by atoms with E-state index in [1.807, 2.05) is 12.1 Å². The van der Waals surface area contributed by atoms with Gasteiger partial charge in [-0.05, 0) is 31.4 Å². The number of oxime groups is 1. The van der Waals surface area contributed by atoms with Crippen LogP contribution in [-0.4, -0.2) is 21.6 Å². The average Bonchev–Trinajstić information content (AvgIpc) is 2.83. The van der Waals surface area contributed by atoms with Gasteiger partial charge >= 0.3 is 0 Å². The predicted molar refractivity (Wildman–Crippen MR) is 70.5 cm³/mol. The van der Waals surface area contributed by atoms with E-state index in [0.717, 1.165) is 5.56 Å². The van der Waals surface area contributed by atoms with Crippen LogP contribution in [0.3, 0.4) is 0 Å². The molecule has 0 saturated heterocycles. The summed E-state index contributed by atoms with van der Waals surface area (Å²) >= 11 is 0. The van der Waals surface area contributed by atoms with Crippen molar-refractivity contribution < 1.29 is 5.21 Å². The summed E-state index contributed by atoms with van der Waals surface area (Å²) in [5, 5.41) is 15.3. The fourth-order valence-corrected chi connectivity index (χ4v) is 2.50. The normalized spacial score (nSPS) is 19.1. The van der Waals surface area contributed by atoms with E-state index in [1.165, 1.54) is 25.7 Å². The Morgan fingerprint density at radius 2 is 2.28 bits per heavy atom. The minimum atomic E-state index is 0.0592. The molecule has 1 aliphatic rings. The topological polar surface area (TPSA) is 83.5 Å². The highest BCUT2D eigenvalue weighted by atomic mass is 16.4. The van der Waals surface area contributed by atoms with E-state index >= 15 is 0 Å². The summed E-state index contributed by atoms with van der Waals surface area (Å²) in [6.45, 7) is 2.94. The fourth-order valence-electron chi connectivity index (χ4n) is 2.50. The third kappa shape index (κ3) is 2.79. The van der Waals surface area contributed by atoms with Crippen LogP contribution in [0.15, 0.2) is 23.5 Å². The summed E-state index contributed by atoms with van der Waals surface area (Å²) in [5.41, 5.74) is 7.34. The highest BCUT2D eigenvalue weighted by Crippen LogP contribution is 2.29. The van der Waals surface area contributed by atoms with E-state index in [0.29, 0.717) is 12.2 Å². The predicted octanol–water partition coefficient (Wildman–Crippen LogP) is 1.60. The average molecular weight is 248 g/mol. The maximum atomic E-state index is 8.75. The van der Waals surface area contributed by atoms with Crippen LogP contribution in [0.5, 0.6) is 0 Å². The molecule has 5 nitrogen and oxygen atoms in total. The molecule has 0 amide bonds. The number of nitrogens with one attached hydrogen (secondary N) is 1. The first-order valence-electron chi connectivity index (χ1n) is 6.31. The molecular formula is C13H20N4O. The lowest BCUT2D eigenvalue weighted by Crippen LogP contribution is -2.39. The van der Waals surface area contributed by atoms with E-state index in [4.69, 9.17) is 10.9 Å². The maximum Gasteiger partial charge on any atom is 0.189 e. The summed E-state index contributed by atoms with van der Waals surface area (Å²) in [7, 11) is 0. The molecule has 0 radical (unpaired) electrons. The monoisotopic (exact) mass is 248 g/mol. The fraction of sp³-hybridized carbons (Fsp3) is 0.538. The summed E-state index contributed by atoms with van der Waals surface area (Å²) in [6.07, 6.45) is 6.61. The zero-order valence-electron chi connectivity index (χ0n) is 10.7. The molecular weight excluding hydrogens is 228 g/mol. The van der Waals surface area contributed by atoms with Gasteiger partial charge in [0.2, 0.25) is 0 Å². The molecule has 0 atom stereocenters. The van der Waals surface area contributed by atoms with Crippen molar-refractivity contribution in [2.45, 2.75) is 44.7 Å². The van der Waals surface area contributed by atoms with Crippen LogP contribution in [0.25, 0.3) is 0 Å².